The van der Waals surface area contributed by atoms with Gasteiger partial charge in [0.05, 0.1) is 0 Å². The number of hydrogen-bond donors (Lipinski definition) is 1. The molecule has 1 aromatic carbocycles. The van der Waals surface area contributed by atoms with E-state index < -0.39 is 0 Å². The summed E-state index contributed by atoms with van der Waals surface area (Å²) in [7, 11) is 2.26. The van der Waals surface area contributed by atoms with E-state index in [1.165, 1.54) is 25.8 Å². The first-order valence-electron chi connectivity index (χ1n) is 7.35. The Morgan fingerprint density at radius 3 is 2.74 bits per heavy atom. The molecule has 102 valence electrons. The molecule has 2 aliphatic heterocycles. The Morgan fingerprint density at radius 2 is 1.95 bits per heavy atom. The summed E-state index contributed by atoms with van der Waals surface area (Å²) in [6.07, 6.45) is 3.84. The van der Waals surface area contributed by atoms with Gasteiger partial charge in [-0.25, -0.2) is 0 Å². The molecule has 2 aliphatic rings. The Balaban J connectivity index is 1.69. The van der Waals surface area contributed by atoms with Gasteiger partial charge in [0, 0.05) is 24.7 Å². The molecular formula is C16H23N3. The highest BCUT2D eigenvalue weighted by Crippen LogP contribution is 2.30. The van der Waals surface area contributed by atoms with Gasteiger partial charge in [-0.3, -0.25) is 5.41 Å². The van der Waals surface area contributed by atoms with Crippen LogP contribution >= 0.6 is 0 Å². The summed E-state index contributed by atoms with van der Waals surface area (Å²) in [5.41, 5.74) is 1.05. The Kier molecular flexibility index (Phi) is 3.56. The van der Waals surface area contributed by atoms with Gasteiger partial charge in [-0.15, -0.1) is 0 Å². The van der Waals surface area contributed by atoms with Gasteiger partial charge in [0.1, 0.15) is 5.84 Å². The predicted molar refractivity (Wildman–Crippen MR) is 78.6 cm³/mol. The molecule has 3 heteroatoms. The summed E-state index contributed by atoms with van der Waals surface area (Å²) >= 11 is 0. The highest BCUT2D eigenvalue weighted by Gasteiger charge is 2.34. The van der Waals surface area contributed by atoms with E-state index >= 15 is 0 Å². The molecule has 0 radical (unpaired) electrons. The fourth-order valence-corrected chi connectivity index (χ4v) is 3.63. The average molecular weight is 257 g/mol. The van der Waals surface area contributed by atoms with Crippen molar-refractivity contribution in [1.82, 2.24) is 9.80 Å². The number of hydrogen-bond acceptors (Lipinski definition) is 2. The van der Waals surface area contributed by atoms with Crippen molar-refractivity contribution in [1.29, 1.82) is 5.41 Å². The minimum absolute atomic E-state index is 0.701. The van der Waals surface area contributed by atoms with Crippen molar-refractivity contribution < 1.29 is 0 Å². The lowest BCUT2D eigenvalue weighted by atomic mass is 9.84. The van der Waals surface area contributed by atoms with Crippen molar-refractivity contribution in [3.05, 3.63) is 35.9 Å². The van der Waals surface area contributed by atoms with Crippen LogP contribution in [0.15, 0.2) is 30.3 Å². The molecule has 2 atom stereocenters. The van der Waals surface area contributed by atoms with Crippen LogP contribution in [-0.4, -0.2) is 48.4 Å². The second-order valence-corrected chi connectivity index (χ2v) is 5.90. The fraction of sp³-hybridized carbons (Fsp3) is 0.562. The molecule has 0 aliphatic carbocycles. The van der Waals surface area contributed by atoms with Crippen molar-refractivity contribution in [2.45, 2.75) is 25.3 Å². The molecule has 1 aromatic rings. The maximum Gasteiger partial charge on any atom is 0.128 e. The third kappa shape index (κ3) is 2.52. The maximum absolute atomic E-state index is 8.39. The minimum atomic E-state index is 0.701. The second-order valence-electron chi connectivity index (χ2n) is 5.90. The molecule has 2 unspecified atom stereocenters. The summed E-state index contributed by atoms with van der Waals surface area (Å²) < 4.78 is 0. The summed E-state index contributed by atoms with van der Waals surface area (Å²) in [4.78, 5) is 4.80. The average Bonchev–Trinajstić information content (AvgIpc) is 2.47. The number of nitrogens with one attached hydrogen (secondary N) is 1. The number of rotatable bonds is 1. The molecule has 1 N–H and O–H groups in total. The summed E-state index contributed by atoms with van der Waals surface area (Å²) in [5, 5.41) is 8.39. The Morgan fingerprint density at radius 1 is 1.16 bits per heavy atom. The zero-order valence-electron chi connectivity index (χ0n) is 11.7. The molecule has 19 heavy (non-hydrogen) atoms. The normalized spacial score (nSPS) is 27.9. The first-order chi connectivity index (χ1) is 9.25. The molecule has 2 fully saturated rings. The van der Waals surface area contributed by atoms with Gasteiger partial charge in [0.2, 0.25) is 0 Å². The second kappa shape index (κ2) is 5.33. The van der Waals surface area contributed by atoms with Crippen LogP contribution in [0.5, 0.6) is 0 Å². The minimum Gasteiger partial charge on any atom is -0.356 e. The van der Waals surface area contributed by atoms with E-state index in [9.17, 15) is 0 Å². The summed E-state index contributed by atoms with van der Waals surface area (Å²) in [6.45, 7) is 3.33. The van der Waals surface area contributed by atoms with Gasteiger partial charge in [-0.2, -0.15) is 0 Å². The smallest absolute Gasteiger partial charge is 0.128 e. The van der Waals surface area contributed by atoms with Crippen molar-refractivity contribution in [2.24, 2.45) is 5.92 Å². The van der Waals surface area contributed by atoms with Crippen molar-refractivity contribution >= 4 is 5.84 Å². The summed E-state index contributed by atoms with van der Waals surface area (Å²) in [6, 6.07) is 10.9. The van der Waals surface area contributed by atoms with E-state index in [2.05, 4.69) is 16.8 Å². The molecule has 0 saturated carbocycles. The Labute approximate surface area is 115 Å². The largest absolute Gasteiger partial charge is 0.356 e. The first-order valence-corrected chi connectivity index (χ1v) is 7.35. The zero-order chi connectivity index (χ0) is 13.2. The number of likely N-dealkylation sites (tertiary alicyclic amines) is 2. The molecule has 0 amide bonds. The SMILES string of the molecule is CN1CCCC2CN(C(=N)c3ccccc3)CCC21. The van der Waals surface area contributed by atoms with Crippen LogP contribution in [0.4, 0.5) is 0 Å². The van der Waals surface area contributed by atoms with Gasteiger partial charge < -0.3 is 9.80 Å². The number of amidine groups is 1. The van der Waals surface area contributed by atoms with Crippen LogP contribution in [0, 0.1) is 11.3 Å². The standard InChI is InChI=1S/C16H23N3/c1-18-10-5-8-14-12-19(11-9-15(14)18)16(17)13-6-3-2-4-7-13/h2-4,6-7,14-15,17H,5,8-12H2,1H3. The van der Waals surface area contributed by atoms with Gasteiger partial charge >= 0.3 is 0 Å². The van der Waals surface area contributed by atoms with E-state index in [4.69, 9.17) is 5.41 Å². The fourth-order valence-electron chi connectivity index (χ4n) is 3.63. The number of piperidine rings is 2. The highest BCUT2D eigenvalue weighted by molar-refractivity contribution is 5.96. The van der Waals surface area contributed by atoms with Gasteiger partial charge in [-0.05, 0) is 38.8 Å². The van der Waals surface area contributed by atoms with E-state index in [1.54, 1.807) is 0 Å². The molecule has 0 bridgehead atoms. The quantitative estimate of drug-likeness (QED) is 0.618. The van der Waals surface area contributed by atoms with Crippen LogP contribution in [-0.2, 0) is 0 Å². The molecule has 2 saturated heterocycles. The van der Waals surface area contributed by atoms with E-state index in [1.807, 2.05) is 30.3 Å². The van der Waals surface area contributed by atoms with Crippen LogP contribution in [0.3, 0.4) is 0 Å². The van der Waals surface area contributed by atoms with E-state index in [0.717, 1.165) is 30.6 Å². The van der Waals surface area contributed by atoms with Crippen LogP contribution < -0.4 is 0 Å². The first kappa shape index (κ1) is 12.7. The molecule has 2 heterocycles. The number of benzene rings is 1. The van der Waals surface area contributed by atoms with Gasteiger partial charge in [0.15, 0.2) is 0 Å². The van der Waals surface area contributed by atoms with Crippen LogP contribution in [0.25, 0.3) is 0 Å². The molecule has 3 nitrogen and oxygen atoms in total. The maximum atomic E-state index is 8.39. The van der Waals surface area contributed by atoms with E-state index in [0.29, 0.717) is 5.84 Å². The van der Waals surface area contributed by atoms with Crippen LogP contribution in [0.1, 0.15) is 24.8 Å². The molecular weight excluding hydrogens is 234 g/mol. The van der Waals surface area contributed by atoms with Crippen molar-refractivity contribution in [3.63, 3.8) is 0 Å². The summed E-state index contributed by atoms with van der Waals surface area (Å²) in [5.74, 6) is 1.45. The number of fused-ring (bicyclic) bond motifs is 1. The van der Waals surface area contributed by atoms with Crippen LogP contribution in [0.2, 0.25) is 0 Å². The molecule has 3 rings (SSSR count). The third-order valence-corrected chi connectivity index (χ3v) is 4.71. The third-order valence-electron chi connectivity index (χ3n) is 4.71. The molecule has 0 aromatic heterocycles. The highest BCUT2D eigenvalue weighted by atomic mass is 15.2. The lowest BCUT2D eigenvalue weighted by Crippen LogP contribution is -2.53. The lowest BCUT2D eigenvalue weighted by molar-refractivity contribution is 0.0631. The zero-order valence-corrected chi connectivity index (χ0v) is 11.7. The monoisotopic (exact) mass is 257 g/mol. The van der Waals surface area contributed by atoms with Crippen molar-refractivity contribution in [2.75, 3.05) is 26.7 Å². The predicted octanol–water partition coefficient (Wildman–Crippen LogP) is 2.43. The van der Waals surface area contributed by atoms with Gasteiger partial charge in [0.25, 0.3) is 0 Å². The lowest BCUT2D eigenvalue weighted by Gasteiger charge is -2.46. The molecule has 0 spiro atoms. The van der Waals surface area contributed by atoms with Crippen molar-refractivity contribution in [3.8, 4) is 0 Å². The number of nitrogens with zero attached hydrogens (tertiary/aromatic N) is 2. The topological polar surface area (TPSA) is 30.3 Å². The Hall–Kier alpha value is -1.35. The van der Waals surface area contributed by atoms with E-state index in [-0.39, 0.29) is 0 Å². The van der Waals surface area contributed by atoms with Gasteiger partial charge in [-0.1, -0.05) is 30.3 Å². The Bertz CT molecular complexity index is 443.